The number of rotatable bonds is 4. The molecule has 0 amide bonds. The van der Waals surface area contributed by atoms with E-state index in [0.717, 1.165) is 0 Å². The van der Waals surface area contributed by atoms with E-state index in [1.807, 2.05) is 13.8 Å². The third-order valence-corrected chi connectivity index (χ3v) is 2.32. The summed E-state index contributed by atoms with van der Waals surface area (Å²) >= 11 is 0. The van der Waals surface area contributed by atoms with Crippen molar-refractivity contribution in [2.75, 3.05) is 0 Å². The van der Waals surface area contributed by atoms with E-state index in [4.69, 9.17) is 0 Å². The first-order chi connectivity index (χ1) is 7.41. The first-order valence-electron chi connectivity index (χ1n) is 5.20. The molecule has 0 aromatic heterocycles. The molecule has 16 heavy (non-hydrogen) atoms. The second-order valence-electron chi connectivity index (χ2n) is 4.28. The number of Topliss-reactive ketones (excluding diaryl/α,β-unsaturated/α-hetero) is 1. The van der Waals surface area contributed by atoms with Crippen molar-refractivity contribution in [1.82, 2.24) is 0 Å². The van der Waals surface area contributed by atoms with Gasteiger partial charge < -0.3 is 0 Å². The first kappa shape index (κ1) is 12.4. The highest BCUT2D eigenvalue weighted by molar-refractivity contribution is 5.96. The van der Waals surface area contributed by atoms with Crippen molar-refractivity contribution in [3.8, 4) is 0 Å². The van der Waals surface area contributed by atoms with Crippen LogP contribution >= 0.6 is 0 Å². The van der Waals surface area contributed by atoms with Crippen LogP contribution in [-0.2, 0) is 0 Å². The van der Waals surface area contributed by atoms with Crippen LogP contribution in [0.5, 0.6) is 0 Å². The van der Waals surface area contributed by atoms with E-state index < -0.39 is 4.92 Å². The van der Waals surface area contributed by atoms with E-state index in [0.29, 0.717) is 17.5 Å². The van der Waals surface area contributed by atoms with E-state index in [2.05, 4.69) is 0 Å². The van der Waals surface area contributed by atoms with Crippen molar-refractivity contribution in [3.05, 3.63) is 39.4 Å². The molecule has 0 radical (unpaired) electrons. The molecule has 0 saturated carbocycles. The molecule has 0 unspecified atom stereocenters. The summed E-state index contributed by atoms with van der Waals surface area (Å²) in [5.41, 5.74) is 1.01. The average molecular weight is 221 g/mol. The Hall–Kier alpha value is -1.71. The number of hydrogen-bond donors (Lipinski definition) is 0. The number of hydrogen-bond acceptors (Lipinski definition) is 3. The second kappa shape index (κ2) is 4.88. The minimum Gasteiger partial charge on any atom is -0.294 e. The molecule has 0 spiro atoms. The predicted octanol–water partition coefficient (Wildman–Crippen LogP) is 3.13. The summed E-state index contributed by atoms with van der Waals surface area (Å²) in [6.45, 7) is 5.55. The largest absolute Gasteiger partial charge is 0.294 e. The molecule has 0 aliphatic rings. The van der Waals surface area contributed by atoms with Crippen LogP contribution in [-0.4, -0.2) is 10.7 Å². The number of benzene rings is 1. The van der Waals surface area contributed by atoms with E-state index in [9.17, 15) is 14.9 Å². The van der Waals surface area contributed by atoms with Gasteiger partial charge in [0.1, 0.15) is 0 Å². The number of nitrogens with zero attached hydrogens (tertiary/aromatic N) is 1. The van der Waals surface area contributed by atoms with E-state index in [1.54, 1.807) is 19.1 Å². The molecule has 0 aliphatic heterocycles. The fourth-order valence-corrected chi connectivity index (χ4v) is 1.47. The predicted molar refractivity (Wildman–Crippen MR) is 61.6 cm³/mol. The second-order valence-corrected chi connectivity index (χ2v) is 4.28. The third-order valence-electron chi connectivity index (χ3n) is 2.32. The van der Waals surface area contributed by atoms with Gasteiger partial charge >= 0.3 is 0 Å². The van der Waals surface area contributed by atoms with Crippen molar-refractivity contribution in [2.45, 2.75) is 27.2 Å². The molecule has 1 rings (SSSR count). The fraction of sp³-hybridized carbons (Fsp3) is 0.417. The molecular formula is C12H15NO3. The molecule has 1 aromatic carbocycles. The average Bonchev–Trinajstić information content (AvgIpc) is 2.16. The monoisotopic (exact) mass is 221 g/mol. The van der Waals surface area contributed by atoms with Crippen molar-refractivity contribution in [1.29, 1.82) is 0 Å². The molecule has 0 bridgehead atoms. The van der Waals surface area contributed by atoms with Gasteiger partial charge in [0, 0.05) is 23.6 Å². The van der Waals surface area contributed by atoms with Crippen molar-refractivity contribution < 1.29 is 9.72 Å². The van der Waals surface area contributed by atoms with Crippen molar-refractivity contribution in [2.24, 2.45) is 5.92 Å². The summed E-state index contributed by atoms with van der Waals surface area (Å²) in [6.07, 6.45) is 0.417. The van der Waals surface area contributed by atoms with Crippen LogP contribution in [0.4, 0.5) is 5.69 Å². The maximum atomic E-state index is 11.7. The number of nitro benzene ring substituents is 1. The normalized spacial score (nSPS) is 10.5. The summed E-state index contributed by atoms with van der Waals surface area (Å²) in [4.78, 5) is 22.0. The number of carbonyl (C=O) groups is 1. The first-order valence-corrected chi connectivity index (χ1v) is 5.20. The zero-order valence-electron chi connectivity index (χ0n) is 9.69. The lowest BCUT2D eigenvalue weighted by Gasteiger charge is -2.04. The molecule has 0 fully saturated rings. The van der Waals surface area contributed by atoms with E-state index in [-0.39, 0.29) is 17.4 Å². The minimum atomic E-state index is -0.457. The van der Waals surface area contributed by atoms with Gasteiger partial charge in [-0.1, -0.05) is 26.0 Å². The van der Waals surface area contributed by atoms with Crippen LogP contribution in [0.15, 0.2) is 18.2 Å². The highest BCUT2D eigenvalue weighted by Gasteiger charge is 2.15. The smallest absolute Gasteiger partial charge is 0.273 e. The molecule has 0 saturated heterocycles. The van der Waals surface area contributed by atoms with Gasteiger partial charge in [-0.15, -0.1) is 0 Å². The van der Waals surface area contributed by atoms with Crippen molar-refractivity contribution in [3.63, 3.8) is 0 Å². The summed E-state index contributed by atoms with van der Waals surface area (Å²) in [7, 11) is 0. The molecule has 0 aliphatic carbocycles. The Kier molecular flexibility index (Phi) is 3.77. The zero-order chi connectivity index (χ0) is 12.3. The Morgan fingerprint density at radius 2 is 2.06 bits per heavy atom. The van der Waals surface area contributed by atoms with E-state index in [1.165, 1.54) is 6.07 Å². The van der Waals surface area contributed by atoms with Gasteiger partial charge in [-0.3, -0.25) is 14.9 Å². The number of ketones is 1. The summed E-state index contributed by atoms with van der Waals surface area (Å²) in [5.74, 6) is 0.214. The summed E-state index contributed by atoms with van der Waals surface area (Å²) in [6, 6.07) is 4.62. The van der Waals surface area contributed by atoms with Crippen LogP contribution in [0, 0.1) is 23.0 Å². The highest BCUT2D eigenvalue weighted by Crippen LogP contribution is 2.20. The van der Waals surface area contributed by atoms with Gasteiger partial charge in [0.2, 0.25) is 0 Å². The molecule has 1 aromatic rings. The minimum absolute atomic E-state index is 0.00889. The van der Waals surface area contributed by atoms with Gasteiger partial charge in [-0.2, -0.15) is 0 Å². The van der Waals surface area contributed by atoms with Crippen LogP contribution < -0.4 is 0 Å². The molecule has 4 heteroatoms. The van der Waals surface area contributed by atoms with Crippen LogP contribution in [0.1, 0.15) is 36.2 Å². The van der Waals surface area contributed by atoms with Crippen LogP contribution in [0.2, 0.25) is 0 Å². The molecular weight excluding hydrogens is 206 g/mol. The number of carbonyl (C=O) groups excluding carboxylic acids is 1. The number of aryl methyl sites for hydroxylation is 1. The molecule has 4 nitrogen and oxygen atoms in total. The van der Waals surface area contributed by atoms with Gasteiger partial charge in [-0.25, -0.2) is 0 Å². The molecule has 0 heterocycles. The Balaban J connectivity index is 3.03. The van der Waals surface area contributed by atoms with Gasteiger partial charge in [0.25, 0.3) is 5.69 Å². The summed E-state index contributed by atoms with van der Waals surface area (Å²) < 4.78 is 0. The lowest BCUT2D eigenvalue weighted by atomic mass is 10.00. The van der Waals surface area contributed by atoms with Crippen LogP contribution in [0.25, 0.3) is 0 Å². The quantitative estimate of drug-likeness (QED) is 0.446. The molecule has 86 valence electrons. The topological polar surface area (TPSA) is 60.2 Å². The standard InChI is InChI=1S/C12H15NO3/c1-8(2)6-12(14)10-5-4-9(3)11(7-10)13(15)16/h4-5,7-8H,6H2,1-3H3. The number of nitro groups is 1. The fourth-order valence-electron chi connectivity index (χ4n) is 1.47. The van der Waals surface area contributed by atoms with E-state index >= 15 is 0 Å². The Morgan fingerprint density at radius 1 is 1.44 bits per heavy atom. The lowest BCUT2D eigenvalue weighted by molar-refractivity contribution is -0.385. The van der Waals surface area contributed by atoms with Gasteiger partial charge in [-0.05, 0) is 12.8 Å². The van der Waals surface area contributed by atoms with Gasteiger partial charge in [0.05, 0.1) is 4.92 Å². The summed E-state index contributed by atoms with van der Waals surface area (Å²) in [5, 5.41) is 10.7. The van der Waals surface area contributed by atoms with Crippen molar-refractivity contribution >= 4 is 11.5 Å². The molecule has 0 atom stereocenters. The van der Waals surface area contributed by atoms with Gasteiger partial charge in [0.15, 0.2) is 5.78 Å². The lowest BCUT2D eigenvalue weighted by Crippen LogP contribution is -2.04. The SMILES string of the molecule is Cc1ccc(C(=O)CC(C)C)cc1[N+](=O)[O-]. The Morgan fingerprint density at radius 3 is 2.56 bits per heavy atom. The zero-order valence-corrected chi connectivity index (χ0v) is 9.69. The maximum absolute atomic E-state index is 11.7. The molecule has 0 N–H and O–H groups in total. The maximum Gasteiger partial charge on any atom is 0.273 e. The third kappa shape index (κ3) is 2.89. The van der Waals surface area contributed by atoms with Crippen LogP contribution in [0.3, 0.4) is 0 Å². The Bertz CT molecular complexity index is 424. The highest BCUT2D eigenvalue weighted by atomic mass is 16.6. The Labute approximate surface area is 94.4 Å².